The summed E-state index contributed by atoms with van der Waals surface area (Å²) >= 11 is 0. The van der Waals surface area contributed by atoms with Crippen LogP contribution in [0.15, 0.2) is 24.4 Å². The Bertz CT molecular complexity index is 999. The number of hydrogen-bond acceptors (Lipinski definition) is 6. The minimum atomic E-state index is -0.700. The highest BCUT2D eigenvalue weighted by molar-refractivity contribution is 6.25. The highest BCUT2D eigenvalue weighted by atomic mass is 16.5. The molecule has 8 nitrogen and oxygen atoms in total. The maximum Gasteiger partial charge on any atom is 0.294 e. The molecule has 0 radical (unpaired) electrons. The summed E-state index contributed by atoms with van der Waals surface area (Å²) in [6.07, 6.45) is 3.94. The van der Waals surface area contributed by atoms with Crippen LogP contribution in [0.1, 0.15) is 48.7 Å². The first kappa shape index (κ1) is 18.1. The zero-order chi connectivity index (χ0) is 19.9. The van der Waals surface area contributed by atoms with Crippen molar-refractivity contribution in [2.75, 3.05) is 4.90 Å². The number of ether oxygens (including phenoxy) is 1. The average Bonchev–Trinajstić information content (AvgIpc) is 3.40. The van der Waals surface area contributed by atoms with Gasteiger partial charge in [0.05, 0.1) is 17.6 Å². The zero-order valence-corrected chi connectivity index (χ0v) is 15.3. The van der Waals surface area contributed by atoms with Crippen LogP contribution in [0.5, 0.6) is 0 Å². The molecule has 2 heterocycles. The first-order valence-corrected chi connectivity index (χ1v) is 9.12. The number of carbonyl (C=O) groups is 4. The summed E-state index contributed by atoms with van der Waals surface area (Å²) in [5.41, 5.74) is 1.23. The maximum absolute atomic E-state index is 13.0. The first-order valence-electron chi connectivity index (χ1n) is 9.12. The Balaban J connectivity index is 1.71. The monoisotopic (exact) mass is 381 g/mol. The molecule has 1 unspecified atom stereocenters. The molecular formula is C20H19N3O5. The standard InChI is InChI=1S/C20H19N3O5/c1-12(5-6-16(26)22-10-24)23-15-9-21-18(20(7-8-20)28-11-25)13-3-2-4-14(17(13)15)19(23)27/h2-4,9-12H,5-8H2,1H3,(H,22,24,26). The molecule has 1 saturated carbocycles. The van der Waals surface area contributed by atoms with Gasteiger partial charge >= 0.3 is 0 Å². The summed E-state index contributed by atoms with van der Waals surface area (Å²) in [7, 11) is 0. The number of hydrogen-bond donors (Lipinski definition) is 1. The molecule has 2 aromatic rings. The molecule has 1 aliphatic carbocycles. The van der Waals surface area contributed by atoms with Crippen molar-refractivity contribution < 1.29 is 23.9 Å². The zero-order valence-electron chi connectivity index (χ0n) is 15.3. The van der Waals surface area contributed by atoms with Crippen LogP contribution in [0.3, 0.4) is 0 Å². The van der Waals surface area contributed by atoms with E-state index in [2.05, 4.69) is 10.3 Å². The number of nitrogens with one attached hydrogen (secondary N) is 1. The van der Waals surface area contributed by atoms with Gasteiger partial charge in [-0.2, -0.15) is 0 Å². The minimum Gasteiger partial charge on any atom is -0.455 e. The molecule has 1 aromatic heterocycles. The van der Waals surface area contributed by atoms with Gasteiger partial charge in [-0.1, -0.05) is 12.1 Å². The molecule has 1 fully saturated rings. The van der Waals surface area contributed by atoms with Crippen LogP contribution >= 0.6 is 0 Å². The second-order valence-electron chi connectivity index (χ2n) is 7.18. The Hall–Kier alpha value is -3.29. The highest BCUT2D eigenvalue weighted by Crippen LogP contribution is 2.52. The quantitative estimate of drug-likeness (QED) is 0.699. The Morgan fingerprint density at radius 3 is 2.86 bits per heavy atom. The molecular weight excluding hydrogens is 362 g/mol. The first-order chi connectivity index (χ1) is 13.5. The summed E-state index contributed by atoms with van der Waals surface area (Å²) in [6.45, 7) is 2.30. The Labute approximate surface area is 160 Å². The molecule has 28 heavy (non-hydrogen) atoms. The Morgan fingerprint density at radius 2 is 2.18 bits per heavy atom. The summed E-state index contributed by atoms with van der Waals surface area (Å²) in [6, 6.07) is 5.20. The molecule has 0 saturated heterocycles. The number of imide groups is 1. The molecule has 1 aliphatic heterocycles. The van der Waals surface area contributed by atoms with Crippen molar-refractivity contribution in [1.29, 1.82) is 0 Å². The smallest absolute Gasteiger partial charge is 0.294 e. The van der Waals surface area contributed by atoms with Crippen molar-refractivity contribution in [1.82, 2.24) is 10.3 Å². The van der Waals surface area contributed by atoms with Gasteiger partial charge in [-0.15, -0.1) is 0 Å². The van der Waals surface area contributed by atoms with E-state index >= 15 is 0 Å². The number of benzene rings is 1. The van der Waals surface area contributed by atoms with E-state index < -0.39 is 5.60 Å². The number of pyridine rings is 1. The molecule has 1 aromatic carbocycles. The summed E-state index contributed by atoms with van der Waals surface area (Å²) in [4.78, 5) is 52.1. The fourth-order valence-corrected chi connectivity index (χ4v) is 3.91. The summed E-state index contributed by atoms with van der Waals surface area (Å²) in [5, 5.41) is 3.70. The van der Waals surface area contributed by atoms with E-state index in [1.165, 1.54) is 0 Å². The number of carbonyl (C=O) groups excluding carboxylic acids is 4. The van der Waals surface area contributed by atoms with E-state index in [9.17, 15) is 19.2 Å². The van der Waals surface area contributed by atoms with Crippen molar-refractivity contribution in [2.24, 2.45) is 0 Å². The van der Waals surface area contributed by atoms with Crippen molar-refractivity contribution in [3.63, 3.8) is 0 Å². The lowest BCUT2D eigenvalue weighted by molar-refractivity contribution is -0.136. The van der Waals surface area contributed by atoms with Crippen molar-refractivity contribution in [2.45, 2.75) is 44.2 Å². The fraction of sp³-hybridized carbons (Fsp3) is 0.350. The molecule has 4 rings (SSSR count). The molecule has 1 N–H and O–H groups in total. The number of amides is 3. The second-order valence-corrected chi connectivity index (χ2v) is 7.18. The van der Waals surface area contributed by atoms with Gasteiger partial charge in [0.1, 0.15) is 0 Å². The molecule has 0 bridgehead atoms. The van der Waals surface area contributed by atoms with Crippen LogP contribution in [0.4, 0.5) is 5.69 Å². The third kappa shape index (κ3) is 2.72. The van der Waals surface area contributed by atoms with Gasteiger partial charge < -0.3 is 9.64 Å². The van der Waals surface area contributed by atoms with Crippen LogP contribution < -0.4 is 10.2 Å². The van der Waals surface area contributed by atoms with Gasteiger partial charge in [0, 0.05) is 28.8 Å². The molecule has 144 valence electrons. The van der Waals surface area contributed by atoms with Crippen molar-refractivity contribution in [3.8, 4) is 0 Å². The normalized spacial score (nSPS) is 17.3. The molecule has 3 amide bonds. The van der Waals surface area contributed by atoms with Gasteiger partial charge in [-0.05, 0) is 32.3 Å². The van der Waals surface area contributed by atoms with Gasteiger partial charge in [0.15, 0.2) is 5.60 Å². The topological polar surface area (TPSA) is 106 Å². The second kappa shape index (κ2) is 6.70. The van der Waals surface area contributed by atoms with E-state index in [1.807, 2.05) is 13.0 Å². The molecule has 0 spiro atoms. The van der Waals surface area contributed by atoms with E-state index in [-0.39, 0.29) is 24.3 Å². The van der Waals surface area contributed by atoms with Gasteiger partial charge in [-0.3, -0.25) is 29.5 Å². The lowest BCUT2D eigenvalue weighted by Crippen LogP contribution is -2.37. The van der Waals surface area contributed by atoms with Crippen molar-refractivity contribution >= 4 is 41.2 Å². The van der Waals surface area contributed by atoms with Crippen LogP contribution in [0.25, 0.3) is 10.8 Å². The SMILES string of the molecule is CC(CCC(=O)NC=O)N1C(=O)c2cccc3c(C4(OC=O)CC4)ncc1c23. The average molecular weight is 381 g/mol. The van der Waals surface area contributed by atoms with E-state index in [1.54, 1.807) is 23.2 Å². The maximum atomic E-state index is 13.0. The Morgan fingerprint density at radius 1 is 1.39 bits per heavy atom. The van der Waals surface area contributed by atoms with Gasteiger partial charge in [0.25, 0.3) is 12.4 Å². The number of rotatable bonds is 8. The predicted octanol–water partition coefficient (Wildman–Crippen LogP) is 1.80. The third-order valence-corrected chi connectivity index (χ3v) is 5.46. The summed E-state index contributed by atoms with van der Waals surface area (Å²) in [5.74, 6) is -0.532. The summed E-state index contributed by atoms with van der Waals surface area (Å²) < 4.78 is 5.31. The number of anilines is 1. The minimum absolute atomic E-state index is 0.130. The van der Waals surface area contributed by atoms with E-state index in [0.717, 1.165) is 10.8 Å². The third-order valence-electron chi connectivity index (χ3n) is 5.46. The van der Waals surface area contributed by atoms with Crippen LogP contribution in [0.2, 0.25) is 0 Å². The number of aromatic nitrogens is 1. The van der Waals surface area contributed by atoms with E-state index in [4.69, 9.17) is 4.74 Å². The van der Waals surface area contributed by atoms with Crippen molar-refractivity contribution in [3.05, 3.63) is 35.7 Å². The van der Waals surface area contributed by atoms with E-state index in [0.29, 0.717) is 49.1 Å². The highest BCUT2D eigenvalue weighted by Gasteiger charge is 2.50. The molecule has 1 atom stereocenters. The molecule has 2 aliphatic rings. The van der Waals surface area contributed by atoms with Crippen LogP contribution in [0, 0.1) is 0 Å². The van der Waals surface area contributed by atoms with Gasteiger partial charge in [-0.25, -0.2) is 0 Å². The van der Waals surface area contributed by atoms with Crippen LogP contribution in [-0.2, 0) is 24.7 Å². The van der Waals surface area contributed by atoms with Crippen LogP contribution in [-0.4, -0.2) is 35.7 Å². The number of nitrogens with zero attached hydrogens (tertiary/aromatic N) is 2. The molecule has 8 heteroatoms. The lowest BCUT2D eigenvalue weighted by atomic mass is 10.0. The predicted molar refractivity (Wildman–Crippen MR) is 99.5 cm³/mol. The Kier molecular flexibility index (Phi) is 4.33. The largest absolute Gasteiger partial charge is 0.455 e. The lowest BCUT2D eigenvalue weighted by Gasteiger charge is -2.25. The van der Waals surface area contributed by atoms with Gasteiger partial charge in [0.2, 0.25) is 12.3 Å². The fourth-order valence-electron chi connectivity index (χ4n) is 3.91.